The van der Waals surface area contributed by atoms with E-state index in [0.717, 1.165) is 11.4 Å². The predicted molar refractivity (Wildman–Crippen MR) is 225 cm³/mol. The minimum absolute atomic E-state index is 1.15. The summed E-state index contributed by atoms with van der Waals surface area (Å²) in [6.07, 6.45) is 0. The Hall–Kier alpha value is -6.00. The molecule has 0 spiro atoms. The highest BCUT2D eigenvalue weighted by Crippen LogP contribution is 2.48. The molecule has 0 radical (unpaired) electrons. The zero-order valence-electron chi connectivity index (χ0n) is 27.5. The minimum atomic E-state index is 1.15. The maximum atomic E-state index is 2.48. The lowest BCUT2D eigenvalue weighted by Gasteiger charge is -2.27. The number of rotatable bonds is 4. The van der Waals surface area contributed by atoms with Crippen molar-refractivity contribution in [1.82, 2.24) is 0 Å². The first kappa shape index (κ1) is 28.8. The molecule has 0 bridgehead atoms. The number of benzene rings is 9. The molecule has 0 aliphatic heterocycles. The van der Waals surface area contributed by atoms with Crippen LogP contribution < -0.4 is 4.90 Å². The van der Waals surface area contributed by atoms with Crippen molar-refractivity contribution in [2.45, 2.75) is 0 Å². The molecule has 0 fully saturated rings. The van der Waals surface area contributed by atoms with Gasteiger partial charge in [0.25, 0.3) is 0 Å². The molecule has 0 N–H and O–H groups in total. The minimum Gasteiger partial charge on any atom is -0.309 e. The van der Waals surface area contributed by atoms with Crippen LogP contribution in [0, 0.1) is 0 Å². The molecule has 0 aliphatic rings. The van der Waals surface area contributed by atoms with Crippen LogP contribution in [0.4, 0.5) is 17.1 Å². The number of hydrogen-bond acceptors (Lipinski definition) is 3. The van der Waals surface area contributed by atoms with Crippen LogP contribution in [-0.4, -0.2) is 0 Å². The normalized spacial score (nSPS) is 11.9. The molecule has 0 saturated heterocycles. The summed E-state index contributed by atoms with van der Waals surface area (Å²) < 4.78 is 5.31. The monoisotopic (exact) mass is 683 g/mol. The standard InChI is InChI=1S/C48H29NS2/c1-2-9-30(10-3-1)33-17-18-35-28-36(24-20-34(35)27-33)49(37-23-19-32-22-25-41-39-13-6-7-16-45(39)50-47(41)43(32)29-37)44-15-8-14-40-42-26-21-31-11-4-5-12-38(31)46(42)51-48(40)44/h1-29H. The lowest BCUT2D eigenvalue weighted by molar-refractivity contribution is 1.31. The van der Waals surface area contributed by atoms with Gasteiger partial charge in [-0.05, 0) is 80.5 Å². The third kappa shape index (κ3) is 4.52. The van der Waals surface area contributed by atoms with Gasteiger partial charge >= 0.3 is 0 Å². The average molecular weight is 684 g/mol. The Morgan fingerprint density at radius 3 is 1.80 bits per heavy atom. The quantitative estimate of drug-likeness (QED) is 0.178. The van der Waals surface area contributed by atoms with Gasteiger partial charge < -0.3 is 4.90 Å². The van der Waals surface area contributed by atoms with E-state index in [2.05, 4.69) is 181 Å². The van der Waals surface area contributed by atoms with Crippen molar-refractivity contribution >= 4 is 112 Å². The summed E-state index contributed by atoms with van der Waals surface area (Å²) >= 11 is 3.80. The van der Waals surface area contributed by atoms with Gasteiger partial charge in [0, 0.05) is 52.4 Å². The summed E-state index contributed by atoms with van der Waals surface area (Å²) in [6, 6.07) is 64.9. The second kappa shape index (κ2) is 11.3. The highest BCUT2D eigenvalue weighted by molar-refractivity contribution is 7.27. The Bertz CT molecular complexity index is 3150. The molecule has 51 heavy (non-hydrogen) atoms. The molecule has 11 aromatic rings. The van der Waals surface area contributed by atoms with E-state index in [-0.39, 0.29) is 0 Å². The van der Waals surface area contributed by atoms with Gasteiger partial charge in [0.1, 0.15) is 0 Å². The Kier molecular flexibility index (Phi) is 6.36. The SMILES string of the molecule is c1ccc(-c2ccc3cc(N(c4ccc5ccc6c7ccccc7sc6c5c4)c4cccc5c4sc4c6ccccc6ccc54)ccc3c2)cc1. The first-order valence-corrected chi connectivity index (χ1v) is 19.0. The predicted octanol–water partition coefficient (Wildman–Crippen LogP) is 15.0. The number of hydrogen-bond donors (Lipinski definition) is 0. The summed E-state index contributed by atoms with van der Waals surface area (Å²) in [5.74, 6) is 0. The maximum Gasteiger partial charge on any atom is 0.0640 e. The average Bonchev–Trinajstić information content (AvgIpc) is 3.78. The van der Waals surface area contributed by atoms with Crippen LogP contribution in [0.5, 0.6) is 0 Å². The van der Waals surface area contributed by atoms with Gasteiger partial charge in [-0.15, -0.1) is 22.7 Å². The second-order valence-electron chi connectivity index (χ2n) is 13.3. The third-order valence-corrected chi connectivity index (χ3v) is 12.9. The number of fused-ring (bicyclic) bond motifs is 11. The van der Waals surface area contributed by atoms with Crippen molar-refractivity contribution in [3.05, 3.63) is 176 Å². The van der Waals surface area contributed by atoms with E-state index < -0.39 is 0 Å². The van der Waals surface area contributed by atoms with Gasteiger partial charge in [0.2, 0.25) is 0 Å². The lowest BCUT2D eigenvalue weighted by atomic mass is 10.0. The van der Waals surface area contributed by atoms with Crippen LogP contribution in [0.1, 0.15) is 0 Å². The molecule has 2 heterocycles. The van der Waals surface area contributed by atoms with Crippen LogP contribution in [0.2, 0.25) is 0 Å². The Morgan fingerprint density at radius 1 is 0.314 bits per heavy atom. The van der Waals surface area contributed by atoms with Crippen LogP contribution in [0.15, 0.2) is 176 Å². The summed E-state index contributed by atoms with van der Waals surface area (Å²) in [4.78, 5) is 2.48. The van der Waals surface area contributed by atoms with Crippen molar-refractivity contribution < 1.29 is 0 Å². The molecule has 9 aromatic carbocycles. The summed E-state index contributed by atoms with van der Waals surface area (Å²) in [7, 11) is 0. The van der Waals surface area contributed by atoms with Crippen LogP contribution in [-0.2, 0) is 0 Å². The summed E-state index contributed by atoms with van der Waals surface area (Å²) in [5, 5.41) is 12.9. The largest absolute Gasteiger partial charge is 0.309 e. The zero-order chi connectivity index (χ0) is 33.5. The fraction of sp³-hybridized carbons (Fsp3) is 0. The third-order valence-electron chi connectivity index (χ3n) is 10.4. The van der Waals surface area contributed by atoms with Crippen molar-refractivity contribution in [2.75, 3.05) is 4.90 Å². The molecule has 1 nitrogen and oxygen atoms in total. The summed E-state index contributed by atoms with van der Waals surface area (Å²) in [6.45, 7) is 0. The number of nitrogens with zero attached hydrogens (tertiary/aromatic N) is 1. The second-order valence-corrected chi connectivity index (χ2v) is 15.4. The Morgan fingerprint density at radius 2 is 0.922 bits per heavy atom. The molecule has 0 unspecified atom stereocenters. The lowest BCUT2D eigenvalue weighted by Crippen LogP contribution is -2.10. The molecule has 3 heteroatoms. The molecular formula is C48H29NS2. The smallest absolute Gasteiger partial charge is 0.0640 e. The highest BCUT2D eigenvalue weighted by atomic mass is 32.1. The zero-order valence-corrected chi connectivity index (χ0v) is 29.1. The first-order valence-electron chi connectivity index (χ1n) is 17.3. The van der Waals surface area contributed by atoms with E-state index >= 15 is 0 Å². The first-order chi connectivity index (χ1) is 25.3. The fourth-order valence-electron chi connectivity index (χ4n) is 7.93. The van der Waals surface area contributed by atoms with Crippen LogP contribution in [0.25, 0.3) is 83.8 Å². The molecule has 0 saturated carbocycles. The van der Waals surface area contributed by atoms with E-state index in [1.54, 1.807) is 0 Å². The molecule has 2 aromatic heterocycles. The molecule has 0 aliphatic carbocycles. The van der Waals surface area contributed by atoms with E-state index in [1.807, 2.05) is 22.7 Å². The van der Waals surface area contributed by atoms with Crippen LogP contribution in [0.3, 0.4) is 0 Å². The van der Waals surface area contributed by atoms with Crippen LogP contribution >= 0.6 is 22.7 Å². The highest BCUT2D eigenvalue weighted by Gasteiger charge is 2.20. The topological polar surface area (TPSA) is 3.24 Å². The van der Waals surface area contributed by atoms with E-state index in [0.29, 0.717) is 0 Å². The van der Waals surface area contributed by atoms with Gasteiger partial charge in [-0.25, -0.2) is 0 Å². The van der Waals surface area contributed by atoms with Crippen molar-refractivity contribution in [1.29, 1.82) is 0 Å². The van der Waals surface area contributed by atoms with E-state index in [9.17, 15) is 0 Å². The van der Waals surface area contributed by atoms with Gasteiger partial charge in [0.05, 0.1) is 10.4 Å². The van der Waals surface area contributed by atoms with Gasteiger partial charge in [-0.3, -0.25) is 0 Å². The number of thiophene rings is 2. The Balaban J connectivity index is 1.17. The van der Waals surface area contributed by atoms with E-state index in [1.165, 1.54) is 89.5 Å². The molecular weight excluding hydrogens is 655 g/mol. The number of anilines is 3. The molecule has 11 rings (SSSR count). The van der Waals surface area contributed by atoms with E-state index in [4.69, 9.17) is 0 Å². The molecule has 0 atom stereocenters. The van der Waals surface area contributed by atoms with Crippen molar-refractivity contribution in [3.63, 3.8) is 0 Å². The summed E-state index contributed by atoms with van der Waals surface area (Å²) in [5.41, 5.74) is 5.96. The maximum absolute atomic E-state index is 2.48. The molecule has 238 valence electrons. The fourth-order valence-corrected chi connectivity index (χ4v) is 10.5. The van der Waals surface area contributed by atoms with Gasteiger partial charge in [0.15, 0.2) is 0 Å². The van der Waals surface area contributed by atoms with Crippen molar-refractivity contribution in [2.24, 2.45) is 0 Å². The van der Waals surface area contributed by atoms with Gasteiger partial charge in [-0.2, -0.15) is 0 Å². The Labute approximate surface area is 302 Å². The van der Waals surface area contributed by atoms with Gasteiger partial charge in [-0.1, -0.05) is 133 Å². The van der Waals surface area contributed by atoms with Crippen molar-refractivity contribution in [3.8, 4) is 11.1 Å². The molecule has 0 amide bonds.